The van der Waals surface area contributed by atoms with E-state index in [1.807, 2.05) is 31.3 Å². The third-order valence-corrected chi connectivity index (χ3v) is 4.80. The Morgan fingerprint density at radius 3 is 2.38 bits per heavy atom. The number of halogens is 2. The van der Waals surface area contributed by atoms with Gasteiger partial charge in [0.2, 0.25) is 0 Å². The highest BCUT2D eigenvalue weighted by Gasteiger charge is 2.09. The van der Waals surface area contributed by atoms with Crippen LogP contribution in [0.4, 0.5) is 0 Å². The Labute approximate surface area is 199 Å². The van der Waals surface area contributed by atoms with Crippen molar-refractivity contribution in [1.82, 2.24) is 15.1 Å². The Morgan fingerprint density at radius 1 is 1.07 bits per heavy atom. The monoisotopic (exact) mass is 572 g/mol. The van der Waals surface area contributed by atoms with Crippen molar-refractivity contribution >= 4 is 51.8 Å². The minimum absolute atomic E-state index is 0. The van der Waals surface area contributed by atoms with Gasteiger partial charge < -0.3 is 15.1 Å². The normalized spacial score (nSPS) is 10.9. The molecule has 0 fully saturated rings. The first-order chi connectivity index (χ1) is 13.4. The number of benzene rings is 2. The average molecular weight is 573 g/mol. The topological polar surface area (TPSA) is 47.9 Å². The molecule has 7 heteroatoms. The van der Waals surface area contributed by atoms with Crippen LogP contribution in [-0.4, -0.2) is 55.9 Å². The number of hydrogen-bond donors (Lipinski definition) is 1. The fourth-order valence-electron chi connectivity index (χ4n) is 2.82. The third-order valence-electron chi connectivity index (χ3n) is 4.27. The quantitative estimate of drug-likeness (QED) is 0.304. The first kappa shape index (κ1) is 25.4. The molecule has 0 saturated heterocycles. The lowest BCUT2D eigenvalue weighted by atomic mass is 10.1. The minimum Gasteiger partial charge on any atom is -0.357 e. The van der Waals surface area contributed by atoms with Crippen LogP contribution in [0.5, 0.6) is 0 Å². The van der Waals surface area contributed by atoms with Crippen LogP contribution in [0, 0.1) is 0 Å². The van der Waals surface area contributed by atoms with E-state index in [-0.39, 0.29) is 29.9 Å². The van der Waals surface area contributed by atoms with Gasteiger partial charge in [0.1, 0.15) is 0 Å². The van der Waals surface area contributed by atoms with E-state index in [0.29, 0.717) is 12.1 Å². The summed E-state index contributed by atoms with van der Waals surface area (Å²) in [5, 5.41) is 3.35. The average Bonchev–Trinajstić information content (AvgIpc) is 2.68. The number of carbonyl (C=O) groups excluding carboxylic acids is 1. The molecule has 0 radical (unpaired) electrons. The fourth-order valence-corrected chi connectivity index (χ4v) is 3.08. The van der Waals surface area contributed by atoms with E-state index >= 15 is 0 Å². The molecular weight excluding hydrogens is 543 g/mol. The molecule has 0 aliphatic rings. The van der Waals surface area contributed by atoms with Crippen LogP contribution in [0.15, 0.2) is 58.0 Å². The van der Waals surface area contributed by atoms with Crippen molar-refractivity contribution < 1.29 is 4.79 Å². The summed E-state index contributed by atoms with van der Waals surface area (Å²) in [5.74, 6) is 0.902. The number of nitrogens with one attached hydrogen (secondary N) is 1. The largest absolute Gasteiger partial charge is 0.357 e. The summed E-state index contributed by atoms with van der Waals surface area (Å²) in [6.07, 6.45) is 0.787. The summed E-state index contributed by atoms with van der Waals surface area (Å²) in [5.41, 5.74) is 3.06. The van der Waals surface area contributed by atoms with Gasteiger partial charge in [-0.05, 0) is 48.7 Å². The molecule has 5 nitrogen and oxygen atoms in total. The van der Waals surface area contributed by atoms with Crippen molar-refractivity contribution in [2.75, 3.05) is 34.2 Å². The molecule has 0 atom stereocenters. The molecule has 158 valence electrons. The lowest BCUT2D eigenvalue weighted by Gasteiger charge is -2.22. The van der Waals surface area contributed by atoms with E-state index in [1.165, 1.54) is 5.56 Å². The van der Waals surface area contributed by atoms with Gasteiger partial charge in [-0.25, -0.2) is 0 Å². The number of rotatable bonds is 7. The van der Waals surface area contributed by atoms with Crippen molar-refractivity contribution in [2.24, 2.45) is 4.99 Å². The second-order valence-corrected chi connectivity index (χ2v) is 7.78. The first-order valence-electron chi connectivity index (χ1n) is 9.45. The number of hydrogen-bond acceptors (Lipinski definition) is 2. The molecule has 0 spiro atoms. The summed E-state index contributed by atoms with van der Waals surface area (Å²) in [4.78, 5) is 20.6. The lowest BCUT2D eigenvalue weighted by Crippen LogP contribution is -2.38. The first-order valence-corrected chi connectivity index (χ1v) is 10.2. The molecule has 0 bridgehead atoms. The SMILES string of the molecule is CCNC(=NCCc1cccc(C(=O)N(C)C)c1)N(C)Cc1ccc(Br)cc1.I. The van der Waals surface area contributed by atoms with Crippen LogP contribution in [-0.2, 0) is 13.0 Å². The maximum absolute atomic E-state index is 12.1. The van der Waals surface area contributed by atoms with Crippen LogP contribution < -0.4 is 5.32 Å². The van der Waals surface area contributed by atoms with Crippen LogP contribution in [0.2, 0.25) is 0 Å². The summed E-state index contributed by atoms with van der Waals surface area (Å²) >= 11 is 3.47. The maximum Gasteiger partial charge on any atom is 0.253 e. The van der Waals surface area contributed by atoms with E-state index in [4.69, 9.17) is 4.99 Å². The molecule has 0 unspecified atom stereocenters. The van der Waals surface area contributed by atoms with Crippen molar-refractivity contribution in [3.63, 3.8) is 0 Å². The highest BCUT2D eigenvalue weighted by molar-refractivity contribution is 14.0. The summed E-state index contributed by atoms with van der Waals surface area (Å²) < 4.78 is 1.08. The Balaban J connectivity index is 0.00000420. The molecule has 29 heavy (non-hydrogen) atoms. The number of amides is 1. The number of nitrogens with zero attached hydrogens (tertiary/aromatic N) is 3. The van der Waals surface area contributed by atoms with Gasteiger partial charge in [0, 0.05) is 50.8 Å². The summed E-state index contributed by atoms with van der Waals surface area (Å²) in [6.45, 7) is 4.33. The maximum atomic E-state index is 12.1. The van der Waals surface area contributed by atoms with E-state index in [2.05, 4.69) is 57.3 Å². The molecule has 0 aliphatic carbocycles. The van der Waals surface area contributed by atoms with E-state index < -0.39 is 0 Å². The van der Waals surface area contributed by atoms with Crippen molar-refractivity contribution in [2.45, 2.75) is 19.9 Å². The summed E-state index contributed by atoms with van der Waals surface area (Å²) in [7, 11) is 5.58. The number of aliphatic imine (C=N–C) groups is 1. The summed E-state index contributed by atoms with van der Waals surface area (Å²) in [6, 6.07) is 16.1. The predicted molar refractivity (Wildman–Crippen MR) is 135 cm³/mol. The Kier molecular flexibility index (Phi) is 11.3. The van der Waals surface area contributed by atoms with Gasteiger partial charge in [-0.3, -0.25) is 9.79 Å². The molecule has 2 aromatic carbocycles. The van der Waals surface area contributed by atoms with Gasteiger partial charge in [-0.1, -0.05) is 40.2 Å². The standard InChI is InChI=1S/C22H29BrN4O.HI/c1-5-24-22(27(4)16-18-9-11-20(23)12-10-18)25-14-13-17-7-6-8-19(15-17)21(28)26(2)3;/h6-12,15H,5,13-14,16H2,1-4H3,(H,24,25);1H. The van der Waals surface area contributed by atoms with E-state index in [9.17, 15) is 4.79 Å². The Bertz CT molecular complexity index is 809. The molecule has 0 heterocycles. The zero-order chi connectivity index (χ0) is 20.5. The van der Waals surface area contributed by atoms with E-state index in [0.717, 1.165) is 35.5 Å². The van der Waals surface area contributed by atoms with Crippen molar-refractivity contribution in [3.8, 4) is 0 Å². The van der Waals surface area contributed by atoms with Crippen LogP contribution in [0.3, 0.4) is 0 Å². The lowest BCUT2D eigenvalue weighted by molar-refractivity contribution is 0.0827. The smallest absolute Gasteiger partial charge is 0.253 e. The predicted octanol–water partition coefficient (Wildman–Crippen LogP) is 4.41. The van der Waals surface area contributed by atoms with Gasteiger partial charge in [0.15, 0.2) is 5.96 Å². The second-order valence-electron chi connectivity index (χ2n) is 6.87. The zero-order valence-electron chi connectivity index (χ0n) is 17.5. The highest BCUT2D eigenvalue weighted by Crippen LogP contribution is 2.12. The Morgan fingerprint density at radius 2 is 1.76 bits per heavy atom. The molecule has 2 aromatic rings. The Hall–Kier alpha value is -1.61. The van der Waals surface area contributed by atoms with Crippen molar-refractivity contribution in [1.29, 1.82) is 0 Å². The molecule has 2 rings (SSSR count). The molecule has 0 aliphatic heterocycles. The molecule has 0 aromatic heterocycles. The van der Waals surface area contributed by atoms with E-state index in [1.54, 1.807) is 19.0 Å². The van der Waals surface area contributed by atoms with Crippen LogP contribution >= 0.6 is 39.9 Å². The molecule has 1 N–H and O–H groups in total. The fraction of sp³-hybridized carbons (Fsp3) is 0.364. The molecule has 0 saturated carbocycles. The van der Waals surface area contributed by atoms with Gasteiger partial charge in [-0.15, -0.1) is 24.0 Å². The second kappa shape index (κ2) is 12.8. The minimum atomic E-state index is 0. The van der Waals surface area contributed by atoms with Crippen molar-refractivity contribution in [3.05, 3.63) is 69.7 Å². The van der Waals surface area contributed by atoms with Gasteiger partial charge in [0.25, 0.3) is 5.91 Å². The molecule has 1 amide bonds. The number of guanidine groups is 1. The van der Waals surface area contributed by atoms with Gasteiger partial charge >= 0.3 is 0 Å². The number of carbonyl (C=O) groups is 1. The third kappa shape index (κ3) is 8.34. The van der Waals surface area contributed by atoms with Gasteiger partial charge in [-0.2, -0.15) is 0 Å². The zero-order valence-corrected chi connectivity index (χ0v) is 21.4. The van der Waals surface area contributed by atoms with Crippen LogP contribution in [0.1, 0.15) is 28.4 Å². The highest BCUT2D eigenvalue weighted by atomic mass is 127. The molecular formula is C22H30BrIN4O. The van der Waals surface area contributed by atoms with Crippen LogP contribution in [0.25, 0.3) is 0 Å². The van der Waals surface area contributed by atoms with Gasteiger partial charge in [0.05, 0.1) is 0 Å².